The van der Waals surface area contributed by atoms with Gasteiger partial charge < -0.3 is 15.6 Å². The number of hydrogen-bond acceptors (Lipinski definition) is 6. The van der Waals surface area contributed by atoms with Gasteiger partial charge in [-0.25, -0.2) is 0 Å². The van der Waals surface area contributed by atoms with Crippen LogP contribution in [0.25, 0.3) is 0 Å². The van der Waals surface area contributed by atoms with Crippen molar-refractivity contribution in [1.82, 2.24) is 20.4 Å². The molecule has 1 fully saturated rings. The number of nitrogens with two attached hydrogens (primary N) is 1. The molecule has 1 amide bonds. The second-order valence-corrected chi connectivity index (χ2v) is 6.42. The summed E-state index contributed by atoms with van der Waals surface area (Å²) in [5.41, 5.74) is 6.60. The molecule has 0 spiro atoms. The average Bonchev–Trinajstić information content (AvgIpc) is 3.07. The highest BCUT2D eigenvalue weighted by Gasteiger charge is 2.26. The first kappa shape index (κ1) is 20.4. The molecular weight excluding hydrogens is 354 g/mol. The highest BCUT2D eigenvalue weighted by Crippen LogP contribution is 2.18. The molecule has 1 atom stereocenters. The number of likely N-dealkylation sites (tertiary alicyclic amines) is 1. The molecule has 1 saturated heterocycles. The largest absolute Gasteiger partial charge is 0.355 e. The topological polar surface area (TPSA) is 97.3 Å². The van der Waals surface area contributed by atoms with Crippen LogP contribution >= 0.6 is 12.4 Å². The fraction of sp³-hybridized carbons (Fsp3) is 0.500. The minimum absolute atomic E-state index is 0. The van der Waals surface area contributed by atoms with Crippen LogP contribution in [0, 0.1) is 5.92 Å². The lowest BCUT2D eigenvalue weighted by Crippen LogP contribution is -2.43. The monoisotopic (exact) mass is 379 g/mol. The van der Waals surface area contributed by atoms with E-state index in [0.717, 1.165) is 24.9 Å². The second kappa shape index (κ2) is 10.3. The minimum Gasteiger partial charge on any atom is -0.355 e. The van der Waals surface area contributed by atoms with Crippen LogP contribution in [-0.4, -0.2) is 47.1 Å². The molecule has 26 heavy (non-hydrogen) atoms. The summed E-state index contributed by atoms with van der Waals surface area (Å²) in [5.74, 6) is 1.39. The molecular formula is C18H26ClN5O2. The van der Waals surface area contributed by atoms with Crippen molar-refractivity contribution < 1.29 is 9.32 Å². The van der Waals surface area contributed by atoms with Crippen molar-refractivity contribution in [2.75, 3.05) is 26.2 Å². The van der Waals surface area contributed by atoms with Gasteiger partial charge in [0, 0.05) is 26.1 Å². The normalized spacial score (nSPS) is 17.5. The third kappa shape index (κ3) is 5.79. The number of carbonyl (C=O) groups is 1. The van der Waals surface area contributed by atoms with Crippen molar-refractivity contribution >= 4 is 18.3 Å². The summed E-state index contributed by atoms with van der Waals surface area (Å²) >= 11 is 0. The van der Waals surface area contributed by atoms with Gasteiger partial charge in [0.15, 0.2) is 5.82 Å². The summed E-state index contributed by atoms with van der Waals surface area (Å²) in [4.78, 5) is 18.8. The molecule has 0 saturated carbocycles. The van der Waals surface area contributed by atoms with Gasteiger partial charge in [-0.05, 0) is 24.9 Å². The van der Waals surface area contributed by atoms with Crippen molar-refractivity contribution in [3.05, 3.63) is 47.6 Å². The Balaban J connectivity index is 0.00000243. The number of benzene rings is 1. The van der Waals surface area contributed by atoms with Gasteiger partial charge in [0.25, 0.3) is 0 Å². The van der Waals surface area contributed by atoms with Gasteiger partial charge in [-0.3, -0.25) is 9.69 Å². The quantitative estimate of drug-likeness (QED) is 0.754. The number of hydrogen-bond donors (Lipinski definition) is 2. The fourth-order valence-electron chi connectivity index (χ4n) is 3.15. The Morgan fingerprint density at radius 1 is 1.35 bits per heavy atom. The van der Waals surface area contributed by atoms with E-state index in [-0.39, 0.29) is 24.2 Å². The Kier molecular flexibility index (Phi) is 8.03. The van der Waals surface area contributed by atoms with E-state index in [0.29, 0.717) is 44.3 Å². The number of nitrogens with one attached hydrogen (secondary N) is 1. The van der Waals surface area contributed by atoms with E-state index in [1.54, 1.807) is 0 Å². The zero-order valence-corrected chi connectivity index (χ0v) is 15.6. The highest BCUT2D eigenvalue weighted by molar-refractivity contribution is 5.85. The maximum Gasteiger partial charge on any atom is 0.240 e. The van der Waals surface area contributed by atoms with Crippen molar-refractivity contribution in [2.45, 2.75) is 25.8 Å². The van der Waals surface area contributed by atoms with Crippen LogP contribution in [0.5, 0.6) is 0 Å². The van der Waals surface area contributed by atoms with Gasteiger partial charge in [-0.15, -0.1) is 12.4 Å². The SMILES string of the molecule is Cl.NCCNC(=O)C1CCCN(Cc2nc(Cc3ccccc3)no2)C1. The summed E-state index contributed by atoms with van der Waals surface area (Å²) in [6.45, 7) is 3.24. The fourth-order valence-corrected chi connectivity index (χ4v) is 3.15. The maximum absolute atomic E-state index is 12.1. The summed E-state index contributed by atoms with van der Waals surface area (Å²) in [7, 11) is 0. The number of halogens is 1. The van der Waals surface area contributed by atoms with Crippen molar-refractivity contribution in [1.29, 1.82) is 0 Å². The molecule has 7 nitrogen and oxygen atoms in total. The molecule has 0 bridgehead atoms. The van der Waals surface area contributed by atoms with Gasteiger partial charge >= 0.3 is 0 Å². The Morgan fingerprint density at radius 3 is 2.92 bits per heavy atom. The second-order valence-electron chi connectivity index (χ2n) is 6.42. The molecule has 2 aromatic rings. The van der Waals surface area contributed by atoms with E-state index in [2.05, 4.69) is 20.4 Å². The van der Waals surface area contributed by atoms with E-state index in [1.165, 1.54) is 0 Å². The molecule has 3 N–H and O–H groups in total. The lowest BCUT2D eigenvalue weighted by molar-refractivity contribution is -0.126. The summed E-state index contributed by atoms with van der Waals surface area (Å²) in [6.07, 6.45) is 2.57. The summed E-state index contributed by atoms with van der Waals surface area (Å²) < 4.78 is 5.38. The zero-order valence-electron chi connectivity index (χ0n) is 14.8. The molecule has 142 valence electrons. The van der Waals surface area contributed by atoms with Gasteiger partial charge in [0.2, 0.25) is 11.8 Å². The Labute approximate surface area is 159 Å². The lowest BCUT2D eigenvalue weighted by atomic mass is 9.97. The van der Waals surface area contributed by atoms with Gasteiger partial charge in [-0.2, -0.15) is 4.98 Å². The van der Waals surface area contributed by atoms with Gasteiger partial charge in [0.05, 0.1) is 12.5 Å². The maximum atomic E-state index is 12.1. The number of amides is 1. The predicted molar refractivity (Wildman–Crippen MR) is 101 cm³/mol. The zero-order chi connectivity index (χ0) is 17.5. The Bertz CT molecular complexity index is 679. The smallest absolute Gasteiger partial charge is 0.240 e. The van der Waals surface area contributed by atoms with Gasteiger partial charge in [0.1, 0.15) is 0 Å². The highest BCUT2D eigenvalue weighted by atomic mass is 35.5. The number of piperidine rings is 1. The molecule has 8 heteroatoms. The first-order valence-electron chi connectivity index (χ1n) is 8.80. The Morgan fingerprint density at radius 2 is 2.15 bits per heavy atom. The first-order chi connectivity index (χ1) is 12.2. The van der Waals surface area contributed by atoms with Crippen LogP contribution in [0.3, 0.4) is 0 Å². The predicted octanol–water partition coefficient (Wildman–Crippen LogP) is 1.37. The van der Waals surface area contributed by atoms with Crippen LogP contribution in [0.4, 0.5) is 0 Å². The molecule has 0 radical (unpaired) electrons. The van der Waals surface area contributed by atoms with Crippen LogP contribution < -0.4 is 11.1 Å². The molecule has 3 rings (SSSR count). The average molecular weight is 380 g/mol. The molecule has 0 aliphatic carbocycles. The molecule has 1 aromatic carbocycles. The Hall–Kier alpha value is -1.96. The van der Waals surface area contributed by atoms with Crippen LogP contribution in [0.2, 0.25) is 0 Å². The third-order valence-electron chi connectivity index (χ3n) is 4.39. The molecule has 2 heterocycles. The van der Waals surface area contributed by atoms with Crippen LogP contribution in [0.15, 0.2) is 34.9 Å². The molecule has 1 aromatic heterocycles. The molecule has 1 aliphatic heterocycles. The number of rotatable bonds is 7. The first-order valence-corrected chi connectivity index (χ1v) is 8.80. The van der Waals surface area contributed by atoms with E-state index >= 15 is 0 Å². The lowest BCUT2D eigenvalue weighted by Gasteiger charge is -2.30. The number of aromatic nitrogens is 2. The summed E-state index contributed by atoms with van der Waals surface area (Å²) in [5, 5.41) is 6.94. The summed E-state index contributed by atoms with van der Waals surface area (Å²) in [6, 6.07) is 10.1. The van der Waals surface area contributed by atoms with Gasteiger partial charge in [-0.1, -0.05) is 35.5 Å². The number of nitrogens with zero attached hydrogens (tertiary/aromatic N) is 3. The third-order valence-corrected chi connectivity index (χ3v) is 4.39. The molecule has 1 aliphatic rings. The van der Waals surface area contributed by atoms with E-state index in [4.69, 9.17) is 10.3 Å². The van der Waals surface area contributed by atoms with Crippen LogP contribution in [-0.2, 0) is 17.8 Å². The van der Waals surface area contributed by atoms with E-state index in [1.807, 2.05) is 30.3 Å². The minimum atomic E-state index is 0. The number of carbonyl (C=O) groups excluding carboxylic acids is 1. The van der Waals surface area contributed by atoms with Crippen molar-refractivity contribution in [3.8, 4) is 0 Å². The van der Waals surface area contributed by atoms with E-state index in [9.17, 15) is 4.79 Å². The van der Waals surface area contributed by atoms with Crippen molar-refractivity contribution in [2.24, 2.45) is 11.7 Å². The van der Waals surface area contributed by atoms with E-state index < -0.39 is 0 Å². The van der Waals surface area contributed by atoms with Crippen molar-refractivity contribution in [3.63, 3.8) is 0 Å². The standard InChI is InChI=1S/C18H25N5O2.ClH/c19-8-9-20-18(24)15-7-4-10-23(12-15)13-17-21-16(22-25-17)11-14-5-2-1-3-6-14;/h1-3,5-6,15H,4,7-13,19H2,(H,20,24);1H. The van der Waals surface area contributed by atoms with Crippen LogP contribution in [0.1, 0.15) is 30.1 Å². The molecule has 1 unspecified atom stereocenters.